The summed E-state index contributed by atoms with van der Waals surface area (Å²) in [4.78, 5) is 24.8. The van der Waals surface area contributed by atoms with Gasteiger partial charge in [0.1, 0.15) is 6.54 Å². The third-order valence-electron chi connectivity index (χ3n) is 6.42. The molecule has 0 bridgehead atoms. The summed E-state index contributed by atoms with van der Waals surface area (Å²) in [6.45, 7) is 3.89. The van der Waals surface area contributed by atoms with Gasteiger partial charge in [0.15, 0.2) is 6.29 Å². The fourth-order valence-corrected chi connectivity index (χ4v) is 5.36. The summed E-state index contributed by atoms with van der Waals surface area (Å²) in [5.41, 5.74) is 3.27. The molecular formula is C30H34N2O6S. The van der Waals surface area contributed by atoms with Crippen molar-refractivity contribution in [1.29, 1.82) is 0 Å². The Balaban J connectivity index is 1.46. The summed E-state index contributed by atoms with van der Waals surface area (Å²) >= 11 is 1.75. The lowest BCUT2D eigenvalue weighted by Crippen LogP contribution is -2.38. The molecule has 4 rings (SSSR count). The molecule has 3 aromatic rings. The fourth-order valence-electron chi connectivity index (χ4n) is 4.27. The van der Waals surface area contributed by atoms with Gasteiger partial charge < -0.3 is 30.0 Å². The highest BCUT2D eigenvalue weighted by Gasteiger charge is 2.38. The number of urea groups is 1. The van der Waals surface area contributed by atoms with E-state index >= 15 is 0 Å². The van der Waals surface area contributed by atoms with Crippen molar-refractivity contribution in [2.24, 2.45) is 5.92 Å². The van der Waals surface area contributed by atoms with Gasteiger partial charge in [-0.25, -0.2) is 4.79 Å². The van der Waals surface area contributed by atoms with Gasteiger partial charge >= 0.3 is 12.0 Å². The van der Waals surface area contributed by atoms with Gasteiger partial charge in [-0.2, -0.15) is 0 Å². The van der Waals surface area contributed by atoms with Crippen LogP contribution in [0.5, 0.6) is 0 Å². The van der Waals surface area contributed by atoms with Crippen molar-refractivity contribution in [1.82, 2.24) is 5.32 Å². The maximum Gasteiger partial charge on any atom is 0.325 e. The number of aliphatic hydroxyl groups excluding tert-OH is 1. The van der Waals surface area contributed by atoms with Crippen molar-refractivity contribution in [3.05, 3.63) is 95.6 Å². The predicted molar refractivity (Wildman–Crippen MR) is 150 cm³/mol. The van der Waals surface area contributed by atoms with Gasteiger partial charge in [0.05, 0.1) is 25.4 Å². The first-order chi connectivity index (χ1) is 19.0. The van der Waals surface area contributed by atoms with Crippen LogP contribution in [0.15, 0.2) is 83.8 Å². The summed E-state index contributed by atoms with van der Waals surface area (Å²) < 4.78 is 17.8. The minimum atomic E-state index is -0.600. The zero-order valence-electron chi connectivity index (χ0n) is 22.0. The second kappa shape index (κ2) is 14.1. The normalized spacial score (nSPS) is 20.7. The van der Waals surface area contributed by atoms with Crippen molar-refractivity contribution >= 4 is 29.4 Å². The first-order valence-corrected chi connectivity index (χ1v) is 13.9. The Labute approximate surface area is 233 Å². The molecular weight excluding hydrogens is 516 g/mol. The summed E-state index contributed by atoms with van der Waals surface area (Å²) in [5.74, 6) is 0.349. The molecule has 0 radical (unpaired) electrons. The summed E-state index contributed by atoms with van der Waals surface area (Å²) in [5, 5.41) is 14.6. The molecule has 1 saturated heterocycles. The van der Waals surface area contributed by atoms with E-state index in [1.807, 2.05) is 54.6 Å². The molecule has 0 aliphatic carbocycles. The van der Waals surface area contributed by atoms with Crippen molar-refractivity contribution in [3.8, 4) is 0 Å². The zero-order valence-corrected chi connectivity index (χ0v) is 22.9. The minimum Gasteiger partial charge on any atom is -0.465 e. The Hall–Kier alpha value is -3.37. The first-order valence-electron chi connectivity index (χ1n) is 13.0. The van der Waals surface area contributed by atoms with Crippen LogP contribution in [-0.4, -0.2) is 42.1 Å². The van der Waals surface area contributed by atoms with E-state index in [-0.39, 0.29) is 37.9 Å². The number of benzene rings is 3. The number of hydrogen-bond donors (Lipinski definition) is 3. The number of ether oxygens (including phenoxy) is 3. The average Bonchev–Trinajstić information content (AvgIpc) is 2.97. The highest BCUT2D eigenvalue weighted by Crippen LogP contribution is 2.43. The summed E-state index contributed by atoms with van der Waals surface area (Å²) in [6, 6.07) is 24.8. The number of hydrogen-bond acceptors (Lipinski definition) is 7. The van der Waals surface area contributed by atoms with E-state index < -0.39 is 18.3 Å². The lowest BCUT2D eigenvalue weighted by Gasteiger charge is -2.41. The molecule has 8 nitrogen and oxygen atoms in total. The highest BCUT2D eigenvalue weighted by atomic mass is 32.2. The van der Waals surface area contributed by atoms with Crippen LogP contribution in [0, 0.1) is 5.92 Å². The van der Waals surface area contributed by atoms with Crippen molar-refractivity contribution in [2.75, 3.05) is 24.2 Å². The van der Waals surface area contributed by atoms with Gasteiger partial charge in [-0.1, -0.05) is 61.5 Å². The molecule has 1 heterocycles. The fraction of sp³-hybridized carbons (Fsp3) is 0.333. The number of anilines is 1. The van der Waals surface area contributed by atoms with E-state index in [0.717, 1.165) is 22.4 Å². The standard InChI is InChI=1S/C30H34N2O6S/c1-3-36-27(34)17-31-30(35)32-24-15-13-23(14-16-24)29-37-26(19-39-25-7-5-4-6-8-25)20(2)28(38-29)22-11-9-21(18-33)10-12-22/h4-16,20,26,28-29,33H,3,17-19H2,1-2H3,(H2,31,32,35)/t20-,26+,28+,29+/m1/s1. The molecule has 0 spiro atoms. The highest BCUT2D eigenvalue weighted by molar-refractivity contribution is 7.99. The van der Waals surface area contributed by atoms with Crippen LogP contribution in [0.25, 0.3) is 0 Å². The molecule has 206 valence electrons. The van der Waals surface area contributed by atoms with E-state index in [0.29, 0.717) is 5.69 Å². The molecule has 4 atom stereocenters. The number of carbonyl (C=O) groups excluding carboxylic acids is 2. The van der Waals surface area contributed by atoms with Gasteiger partial charge in [0, 0.05) is 27.8 Å². The van der Waals surface area contributed by atoms with Crippen molar-refractivity contribution < 1.29 is 28.9 Å². The number of nitrogens with one attached hydrogen (secondary N) is 2. The summed E-state index contributed by atoms with van der Waals surface area (Å²) in [7, 11) is 0. The van der Waals surface area contributed by atoms with Gasteiger partial charge in [0.25, 0.3) is 0 Å². The van der Waals surface area contributed by atoms with Crippen LogP contribution in [0.3, 0.4) is 0 Å². The molecule has 9 heteroatoms. The third kappa shape index (κ3) is 8.06. The molecule has 3 N–H and O–H groups in total. The van der Waals surface area contributed by atoms with E-state index in [2.05, 4.69) is 29.7 Å². The SMILES string of the molecule is CCOC(=O)CNC(=O)Nc1ccc([C@H]2O[C@@H](CSc3ccccc3)[C@@H](C)[C@@H](c3ccc(CO)cc3)O2)cc1. The Morgan fingerprint density at radius 3 is 2.31 bits per heavy atom. The van der Waals surface area contributed by atoms with Crippen LogP contribution < -0.4 is 10.6 Å². The Morgan fingerprint density at radius 1 is 0.949 bits per heavy atom. The number of thioether (sulfide) groups is 1. The van der Waals surface area contributed by atoms with Crippen LogP contribution in [0.1, 0.15) is 42.9 Å². The van der Waals surface area contributed by atoms with E-state index in [1.54, 1.807) is 30.8 Å². The molecule has 1 aliphatic rings. The minimum absolute atomic E-state index is 0.00926. The van der Waals surface area contributed by atoms with Crippen LogP contribution >= 0.6 is 11.8 Å². The number of aliphatic hydroxyl groups is 1. The summed E-state index contributed by atoms with van der Waals surface area (Å²) in [6.07, 6.45) is -0.885. The average molecular weight is 551 g/mol. The number of rotatable bonds is 10. The topological polar surface area (TPSA) is 106 Å². The van der Waals surface area contributed by atoms with E-state index in [4.69, 9.17) is 14.2 Å². The van der Waals surface area contributed by atoms with Crippen LogP contribution in [0.2, 0.25) is 0 Å². The molecule has 3 aromatic carbocycles. The Kier molecular flexibility index (Phi) is 10.4. The lowest BCUT2D eigenvalue weighted by atomic mass is 9.91. The van der Waals surface area contributed by atoms with Gasteiger partial charge in [-0.3, -0.25) is 4.79 Å². The van der Waals surface area contributed by atoms with Crippen molar-refractivity contribution in [2.45, 2.75) is 43.8 Å². The maximum atomic E-state index is 12.1. The van der Waals surface area contributed by atoms with E-state index in [9.17, 15) is 14.7 Å². The number of esters is 1. The molecule has 0 saturated carbocycles. The molecule has 2 amide bonds. The molecule has 1 fully saturated rings. The maximum absolute atomic E-state index is 12.1. The van der Waals surface area contributed by atoms with Gasteiger partial charge in [-0.05, 0) is 42.3 Å². The lowest BCUT2D eigenvalue weighted by molar-refractivity contribution is -0.268. The monoisotopic (exact) mass is 550 g/mol. The molecule has 0 aromatic heterocycles. The number of amides is 2. The Morgan fingerprint density at radius 2 is 1.64 bits per heavy atom. The second-order valence-electron chi connectivity index (χ2n) is 9.18. The van der Waals surface area contributed by atoms with Crippen LogP contribution in [0.4, 0.5) is 10.5 Å². The zero-order chi connectivity index (χ0) is 27.6. The predicted octanol–water partition coefficient (Wildman–Crippen LogP) is 5.45. The van der Waals surface area contributed by atoms with Gasteiger partial charge in [0.2, 0.25) is 0 Å². The smallest absolute Gasteiger partial charge is 0.325 e. The van der Waals surface area contributed by atoms with Crippen LogP contribution in [-0.2, 0) is 25.6 Å². The van der Waals surface area contributed by atoms with E-state index in [1.165, 1.54) is 4.90 Å². The Bertz CT molecular complexity index is 1210. The second-order valence-corrected chi connectivity index (χ2v) is 10.3. The molecule has 39 heavy (non-hydrogen) atoms. The van der Waals surface area contributed by atoms with Gasteiger partial charge in [-0.15, -0.1) is 11.8 Å². The molecule has 0 unspecified atom stereocenters. The third-order valence-corrected chi connectivity index (χ3v) is 7.52. The first kappa shape index (κ1) is 28.6. The molecule has 1 aliphatic heterocycles. The van der Waals surface area contributed by atoms with Crippen molar-refractivity contribution in [3.63, 3.8) is 0 Å². The number of carbonyl (C=O) groups is 2. The quantitative estimate of drug-likeness (QED) is 0.228. The largest absolute Gasteiger partial charge is 0.465 e.